The van der Waals surface area contributed by atoms with Crippen LogP contribution in [0.4, 0.5) is 11.4 Å². The monoisotopic (exact) mass is 1020 g/mol. The minimum atomic E-state index is -1.11. The van der Waals surface area contributed by atoms with Gasteiger partial charge in [-0.2, -0.15) is 0 Å². The second-order valence-electron chi connectivity index (χ2n) is 22.3. The Labute approximate surface area is 472 Å². The number of allylic oxidation sites excluding steroid dienone is 4. The fourth-order valence-corrected chi connectivity index (χ4v) is 23.0. The van der Waals surface area contributed by atoms with E-state index in [0.717, 1.165) is 22.8 Å². The minimum absolute atomic E-state index is 0. The van der Waals surface area contributed by atoms with E-state index in [1.165, 1.54) is 33.4 Å². The maximum atomic E-state index is 11.1. The summed E-state index contributed by atoms with van der Waals surface area (Å²) < 4.78 is 9.64. The van der Waals surface area contributed by atoms with Crippen LogP contribution in [0.1, 0.15) is 140 Å². The largest absolute Gasteiger partial charge is 2.00 e. The van der Waals surface area contributed by atoms with Gasteiger partial charge in [0.25, 0.3) is 0 Å². The van der Waals surface area contributed by atoms with Crippen molar-refractivity contribution in [2.24, 2.45) is 9.98 Å². The first-order valence-electron chi connectivity index (χ1n) is 23.4. The fraction of sp³-hybridized carbons (Fsp3) is 0.556. The Balaban J connectivity index is -0.000000380. The van der Waals surface area contributed by atoms with Gasteiger partial charge in [0.2, 0.25) is 0 Å². The molecule has 0 spiro atoms. The average molecular weight is 1020 g/mol. The molecule has 6 nitrogen and oxygen atoms in total. The minimum Gasteiger partial charge on any atom is -0.876 e. The van der Waals surface area contributed by atoms with Crippen molar-refractivity contribution in [1.82, 2.24) is 0 Å². The maximum Gasteiger partial charge on any atom is 2.00 e. The van der Waals surface area contributed by atoms with Crippen molar-refractivity contribution in [2.45, 2.75) is 199 Å². The van der Waals surface area contributed by atoms with E-state index in [0.29, 0.717) is 23.7 Å². The first kappa shape index (κ1) is 71.9. The third-order valence-electron chi connectivity index (χ3n) is 8.65. The summed E-state index contributed by atoms with van der Waals surface area (Å²) in [5, 5.41) is 22.3. The molecule has 0 N–H and O–H groups in total. The molecule has 66 heavy (non-hydrogen) atoms. The number of nitrogens with zero attached hydrogens (tertiary/aromatic N) is 4. The van der Waals surface area contributed by atoms with Crippen LogP contribution in [0.3, 0.4) is 0 Å². The predicted molar refractivity (Wildman–Crippen MR) is 310 cm³/mol. The number of rotatable bonds is 12. The van der Waals surface area contributed by atoms with Crippen LogP contribution in [0.15, 0.2) is 94.3 Å². The van der Waals surface area contributed by atoms with E-state index in [1.807, 2.05) is 13.8 Å². The van der Waals surface area contributed by atoms with E-state index in [1.54, 1.807) is 26.0 Å². The van der Waals surface area contributed by atoms with E-state index in [4.69, 9.17) is 9.30 Å². The van der Waals surface area contributed by atoms with Gasteiger partial charge in [0, 0.05) is 11.4 Å². The van der Waals surface area contributed by atoms with Gasteiger partial charge in [-0.1, -0.05) is 265 Å². The maximum absolute atomic E-state index is 11.1. The van der Waals surface area contributed by atoms with Crippen molar-refractivity contribution >= 4 is 131 Å². The summed E-state index contributed by atoms with van der Waals surface area (Å²) in [7, 11) is -4.42. The Bertz CT molecular complexity index is 1720. The van der Waals surface area contributed by atoms with Gasteiger partial charge in [-0.3, -0.25) is 9.98 Å². The Hall–Kier alpha value is -0.613. The molecule has 12 heteroatoms. The van der Waals surface area contributed by atoms with Crippen LogP contribution in [0.5, 0.6) is 0 Å². The van der Waals surface area contributed by atoms with Gasteiger partial charge in [0.1, 0.15) is 0 Å². The van der Waals surface area contributed by atoms with E-state index >= 15 is 0 Å². The molecule has 0 atom stereocenters. The molecule has 0 aliphatic rings. The van der Waals surface area contributed by atoms with Crippen molar-refractivity contribution in [2.75, 3.05) is 0 Å². The molecular formula is C54H94Ca2N4O2Si4. The molecular weight excluding hydrogens is 929 g/mol. The Kier molecular flexibility index (Phi) is 36.9. The number of hydrogen-bond donors (Lipinski definition) is 0. The summed E-state index contributed by atoms with van der Waals surface area (Å²) in [6.45, 7) is 56.0. The quantitative estimate of drug-likeness (QED) is 0.103. The normalized spacial score (nSPS) is 12.7. The molecule has 0 amide bonds. The first-order valence-corrected chi connectivity index (χ1v) is 37.2. The zero-order valence-corrected chi connectivity index (χ0v) is 55.7. The summed E-state index contributed by atoms with van der Waals surface area (Å²) in [6.07, 6.45) is 3.17. The summed E-state index contributed by atoms with van der Waals surface area (Å²) in [6, 6.07) is 21.1. The molecule has 0 fully saturated rings. The van der Waals surface area contributed by atoms with Crippen molar-refractivity contribution in [3.8, 4) is 0 Å². The third kappa shape index (κ3) is 37.2. The van der Waals surface area contributed by atoms with Gasteiger partial charge in [-0.05, 0) is 73.6 Å². The summed E-state index contributed by atoms with van der Waals surface area (Å²) >= 11 is 0. The van der Waals surface area contributed by atoms with Gasteiger partial charge in [-0.15, -0.1) is 11.5 Å². The van der Waals surface area contributed by atoms with E-state index in [2.05, 4.69) is 218 Å². The number of hydrogen-bond acceptors (Lipinski definition) is 4. The predicted octanol–water partition coefficient (Wildman–Crippen LogP) is 16.2. The fourth-order valence-electron chi connectivity index (χ4n) is 6.94. The molecule has 3 aromatic carbocycles. The average Bonchev–Trinajstić information content (AvgIpc) is 3.06. The van der Waals surface area contributed by atoms with Crippen LogP contribution in [0.2, 0.25) is 78.6 Å². The van der Waals surface area contributed by atoms with Crippen molar-refractivity contribution in [1.29, 1.82) is 0 Å². The van der Waals surface area contributed by atoms with E-state index in [9.17, 15) is 10.2 Å². The second kappa shape index (κ2) is 33.9. The summed E-state index contributed by atoms with van der Waals surface area (Å²) in [5.41, 5.74) is 11.2. The molecule has 0 bridgehead atoms. The summed E-state index contributed by atoms with van der Waals surface area (Å²) in [4.78, 5) is 9.36. The Morgan fingerprint density at radius 1 is 0.424 bits per heavy atom. The van der Waals surface area contributed by atoms with Gasteiger partial charge in [-0.25, -0.2) is 0 Å². The zero-order valence-electron chi connectivity index (χ0n) is 47.3. The van der Waals surface area contributed by atoms with Crippen LogP contribution in [-0.2, 0) is 0 Å². The topological polar surface area (TPSA) is 99.0 Å². The third-order valence-corrected chi connectivity index (χ3v) is 19.4. The molecule has 3 aromatic rings. The first-order chi connectivity index (χ1) is 28.9. The van der Waals surface area contributed by atoms with Crippen molar-refractivity contribution in [3.05, 3.63) is 127 Å². The van der Waals surface area contributed by atoms with Crippen LogP contribution >= 0.6 is 0 Å². The molecule has 362 valence electrons. The molecule has 0 saturated heterocycles. The molecule has 0 heterocycles. The van der Waals surface area contributed by atoms with Gasteiger partial charge in [0.05, 0.1) is 11.4 Å². The summed E-state index contributed by atoms with van der Waals surface area (Å²) in [5.74, 6) is 1.75. The van der Waals surface area contributed by atoms with Crippen LogP contribution in [0, 0.1) is 13.8 Å². The van der Waals surface area contributed by atoms with E-state index < -0.39 is 32.9 Å². The number of para-hydroxylation sites is 2. The standard InChI is InChI=1S/2C17H25NO.C8H10.2C6H18NSi2.2Ca/c2*1-11(2)15-8-7-9-16(12(3)4)17(15)18-13(5)10-14(6)19;1-7-3-5-8(2)6-4-7;2*1-8(2,3)7-9(4,5)6;;/h2*7-12,19H,1-6H3;3-6H,1-2H3;2*1-6H3;;/q;;;2*-1;2*+2/p-2/b2*14-10-,18-13?;;;;;. The van der Waals surface area contributed by atoms with Gasteiger partial charge in [0.15, 0.2) is 0 Å². The SMILES string of the molecule is CC(/C=C(/C)[O-])=Nc1c(C(C)C)cccc1C(C)C.CC(/C=C(/C)[O-])=Nc1c(C(C)C)cccc1C(C)C.C[Si](C)(C)[N-][Si](C)(C)C.C[Si](C)(C)[N-][Si](C)(C)C.Cc1ccc(C)cc1.[Ca+2].[Ca+2]. The number of benzene rings is 3. The number of aliphatic imine (C=N–C) groups is 2. The molecule has 0 unspecified atom stereocenters. The van der Waals surface area contributed by atoms with Crippen molar-refractivity contribution < 1.29 is 10.2 Å². The van der Waals surface area contributed by atoms with Gasteiger partial charge < -0.3 is 19.5 Å². The Morgan fingerprint density at radius 3 is 0.758 bits per heavy atom. The van der Waals surface area contributed by atoms with Crippen LogP contribution < -0.4 is 10.2 Å². The molecule has 0 aliphatic carbocycles. The molecule has 0 aromatic heterocycles. The van der Waals surface area contributed by atoms with E-state index in [-0.39, 0.29) is 87.0 Å². The van der Waals surface area contributed by atoms with Gasteiger partial charge >= 0.3 is 75.5 Å². The second-order valence-corrected chi connectivity index (χ2v) is 41.4. The van der Waals surface area contributed by atoms with Crippen LogP contribution in [-0.4, -0.2) is 120 Å². The van der Waals surface area contributed by atoms with Crippen LogP contribution in [0.25, 0.3) is 9.30 Å². The van der Waals surface area contributed by atoms with Crippen molar-refractivity contribution in [3.63, 3.8) is 0 Å². The Morgan fingerprint density at radius 2 is 0.621 bits per heavy atom. The molecule has 0 radical (unpaired) electrons. The molecule has 0 saturated carbocycles. The zero-order chi connectivity index (χ0) is 50.6. The molecule has 3 rings (SSSR count). The molecule has 0 aliphatic heterocycles. The number of aryl methyl sites for hydroxylation is 2. The smallest absolute Gasteiger partial charge is 0.876 e.